The summed E-state index contributed by atoms with van der Waals surface area (Å²) >= 11 is 0. The number of nitrogens with zero attached hydrogens (tertiary/aromatic N) is 2. The molecule has 1 aliphatic rings. The van der Waals surface area contributed by atoms with E-state index in [4.69, 9.17) is 5.14 Å². The van der Waals surface area contributed by atoms with Gasteiger partial charge in [-0.15, -0.1) is 0 Å². The van der Waals surface area contributed by atoms with Crippen molar-refractivity contribution in [2.45, 2.75) is 23.9 Å². The van der Waals surface area contributed by atoms with Crippen molar-refractivity contribution in [1.82, 2.24) is 9.78 Å². The molecule has 7 heteroatoms. The minimum absolute atomic E-state index is 0.144. The molecule has 0 spiro atoms. The first-order valence-corrected chi connectivity index (χ1v) is 5.30. The molecule has 0 aromatic carbocycles. The summed E-state index contributed by atoms with van der Waals surface area (Å²) in [5.41, 5.74) is 0. The molecule has 72 valence electrons. The van der Waals surface area contributed by atoms with E-state index in [9.17, 15) is 12.8 Å². The first-order valence-electron chi connectivity index (χ1n) is 3.76. The standard InChI is InChI=1S/C6H8FN3O2S/c7-5-3-10(4-1-2-4)9-6(5)13(8,11)12/h3-4H,1-2H2,(H2,8,11,12). The number of aromatic nitrogens is 2. The molecular weight excluding hydrogens is 197 g/mol. The van der Waals surface area contributed by atoms with Crippen molar-refractivity contribution in [3.05, 3.63) is 12.0 Å². The molecule has 13 heavy (non-hydrogen) atoms. The van der Waals surface area contributed by atoms with Crippen LogP contribution in [0.3, 0.4) is 0 Å². The van der Waals surface area contributed by atoms with Crippen LogP contribution >= 0.6 is 0 Å². The number of sulfonamides is 1. The van der Waals surface area contributed by atoms with E-state index in [0.717, 1.165) is 19.0 Å². The number of nitrogens with two attached hydrogens (primary N) is 1. The average molecular weight is 205 g/mol. The molecule has 0 saturated heterocycles. The number of primary sulfonamides is 1. The van der Waals surface area contributed by atoms with Crippen LogP contribution in [0, 0.1) is 5.82 Å². The molecule has 0 amide bonds. The zero-order chi connectivity index (χ0) is 9.64. The van der Waals surface area contributed by atoms with E-state index in [1.165, 1.54) is 4.68 Å². The minimum atomic E-state index is -4.03. The van der Waals surface area contributed by atoms with Gasteiger partial charge in [0.25, 0.3) is 10.0 Å². The van der Waals surface area contributed by atoms with Crippen LogP contribution in [0.1, 0.15) is 18.9 Å². The predicted octanol–water partition coefficient (Wildman–Crippen LogP) is 0.00450. The number of halogens is 1. The van der Waals surface area contributed by atoms with Crippen LogP contribution in [0.25, 0.3) is 0 Å². The molecule has 0 aliphatic heterocycles. The molecular formula is C6H8FN3O2S. The fourth-order valence-electron chi connectivity index (χ4n) is 1.07. The zero-order valence-corrected chi connectivity index (χ0v) is 7.46. The van der Waals surface area contributed by atoms with Gasteiger partial charge in [0, 0.05) is 0 Å². The van der Waals surface area contributed by atoms with Crippen molar-refractivity contribution in [2.24, 2.45) is 5.14 Å². The summed E-state index contributed by atoms with van der Waals surface area (Å²) in [6.07, 6.45) is 2.88. The van der Waals surface area contributed by atoms with Crippen molar-refractivity contribution in [1.29, 1.82) is 0 Å². The zero-order valence-electron chi connectivity index (χ0n) is 6.64. The SMILES string of the molecule is NS(=O)(=O)c1nn(C2CC2)cc1F. The Labute approximate surface area is 74.4 Å². The van der Waals surface area contributed by atoms with Crippen LogP contribution in [0.5, 0.6) is 0 Å². The Kier molecular flexibility index (Phi) is 1.67. The lowest BCUT2D eigenvalue weighted by Crippen LogP contribution is -2.14. The third kappa shape index (κ3) is 1.56. The van der Waals surface area contributed by atoms with E-state index < -0.39 is 20.9 Å². The lowest BCUT2D eigenvalue weighted by Gasteiger charge is -1.93. The van der Waals surface area contributed by atoms with Crippen LogP contribution in [-0.4, -0.2) is 18.2 Å². The lowest BCUT2D eigenvalue weighted by atomic mass is 10.6. The third-order valence-electron chi connectivity index (χ3n) is 1.85. The van der Waals surface area contributed by atoms with Crippen molar-refractivity contribution >= 4 is 10.0 Å². The number of hydrogen-bond donors (Lipinski definition) is 1. The predicted molar refractivity (Wildman–Crippen MR) is 41.8 cm³/mol. The summed E-state index contributed by atoms with van der Waals surface area (Å²) in [5.74, 6) is -0.880. The Morgan fingerprint density at radius 2 is 2.23 bits per heavy atom. The highest BCUT2D eigenvalue weighted by molar-refractivity contribution is 7.89. The molecule has 2 rings (SSSR count). The van der Waals surface area contributed by atoms with Gasteiger partial charge in [-0.3, -0.25) is 4.68 Å². The summed E-state index contributed by atoms with van der Waals surface area (Å²) in [4.78, 5) is 0. The van der Waals surface area contributed by atoms with Gasteiger partial charge in [-0.1, -0.05) is 0 Å². The van der Waals surface area contributed by atoms with Crippen molar-refractivity contribution in [2.75, 3.05) is 0 Å². The van der Waals surface area contributed by atoms with Gasteiger partial charge in [0.1, 0.15) is 0 Å². The number of rotatable bonds is 2. The van der Waals surface area contributed by atoms with Crippen LogP contribution in [0.15, 0.2) is 11.2 Å². The quantitative estimate of drug-likeness (QED) is 0.738. The van der Waals surface area contributed by atoms with E-state index in [1.54, 1.807) is 0 Å². The molecule has 1 aromatic heterocycles. The highest BCUT2D eigenvalue weighted by atomic mass is 32.2. The van der Waals surface area contributed by atoms with E-state index in [-0.39, 0.29) is 6.04 Å². The normalized spacial score (nSPS) is 17.7. The monoisotopic (exact) mass is 205 g/mol. The third-order valence-corrected chi connectivity index (χ3v) is 2.66. The molecule has 5 nitrogen and oxygen atoms in total. The molecule has 1 heterocycles. The van der Waals surface area contributed by atoms with Gasteiger partial charge in [-0.2, -0.15) is 5.10 Å². The van der Waals surface area contributed by atoms with Crippen molar-refractivity contribution < 1.29 is 12.8 Å². The fraction of sp³-hybridized carbons (Fsp3) is 0.500. The summed E-state index contributed by atoms with van der Waals surface area (Å²) in [6.45, 7) is 0. The fourth-order valence-corrected chi connectivity index (χ4v) is 1.60. The Bertz CT molecular complexity index is 435. The highest BCUT2D eigenvalue weighted by Gasteiger charge is 2.28. The summed E-state index contributed by atoms with van der Waals surface area (Å²) in [7, 11) is -4.03. The molecule has 0 unspecified atom stereocenters. The maximum atomic E-state index is 13.0. The Balaban J connectivity index is 2.47. The van der Waals surface area contributed by atoms with Gasteiger partial charge in [0.2, 0.25) is 5.03 Å². The van der Waals surface area contributed by atoms with Gasteiger partial charge in [-0.25, -0.2) is 17.9 Å². The molecule has 2 N–H and O–H groups in total. The molecule has 1 fully saturated rings. The Morgan fingerprint density at radius 1 is 1.62 bits per heavy atom. The van der Waals surface area contributed by atoms with Crippen LogP contribution in [0.4, 0.5) is 4.39 Å². The van der Waals surface area contributed by atoms with Gasteiger partial charge >= 0.3 is 0 Å². The molecule has 1 aromatic rings. The highest BCUT2D eigenvalue weighted by Crippen LogP contribution is 2.34. The topological polar surface area (TPSA) is 78.0 Å². The first kappa shape index (κ1) is 8.64. The maximum absolute atomic E-state index is 13.0. The van der Waals surface area contributed by atoms with Crippen LogP contribution < -0.4 is 5.14 Å². The average Bonchev–Trinajstić information content (AvgIpc) is 2.73. The first-order chi connectivity index (χ1) is 5.98. The Hall–Kier alpha value is -0.950. The molecule has 1 aliphatic carbocycles. The molecule has 0 bridgehead atoms. The summed E-state index contributed by atoms with van der Waals surface area (Å²) in [5, 5.41) is 7.65. The largest absolute Gasteiger partial charge is 0.265 e. The van der Waals surface area contributed by atoms with E-state index >= 15 is 0 Å². The van der Waals surface area contributed by atoms with Crippen LogP contribution in [0.2, 0.25) is 0 Å². The second-order valence-corrected chi connectivity index (χ2v) is 4.52. The van der Waals surface area contributed by atoms with Crippen LogP contribution in [-0.2, 0) is 10.0 Å². The van der Waals surface area contributed by atoms with Gasteiger partial charge < -0.3 is 0 Å². The summed E-state index contributed by atoms with van der Waals surface area (Å²) < 4.78 is 35.8. The van der Waals surface area contributed by atoms with E-state index in [2.05, 4.69) is 5.10 Å². The Morgan fingerprint density at radius 3 is 2.62 bits per heavy atom. The van der Waals surface area contributed by atoms with E-state index in [1.807, 2.05) is 0 Å². The number of hydrogen-bond acceptors (Lipinski definition) is 3. The molecule has 0 atom stereocenters. The smallest absolute Gasteiger partial charge is 0.260 e. The molecule has 0 radical (unpaired) electrons. The van der Waals surface area contributed by atoms with Gasteiger partial charge in [-0.05, 0) is 12.8 Å². The van der Waals surface area contributed by atoms with Gasteiger partial charge in [0.05, 0.1) is 12.2 Å². The van der Waals surface area contributed by atoms with Crippen molar-refractivity contribution in [3.63, 3.8) is 0 Å². The van der Waals surface area contributed by atoms with Crippen molar-refractivity contribution in [3.8, 4) is 0 Å². The second kappa shape index (κ2) is 2.52. The van der Waals surface area contributed by atoms with E-state index in [0.29, 0.717) is 0 Å². The maximum Gasteiger partial charge on any atom is 0.260 e. The molecule has 1 saturated carbocycles. The second-order valence-electron chi connectivity index (χ2n) is 3.04. The lowest BCUT2D eigenvalue weighted by molar-refractivity contribution is 0.560. The minimum Gasteiger partial charge on any atom is -0.265 e. The van der Waals surface area contributed by atoms with Gasteiger partial charge in [0.15, 0.2) is 5.82 Å². The summed E-state index contributed by atoms with van der Waals surface area (Å²) in [6, 6.07) is 0.144.